The largest absolute Gasteiger partial charge is 0.505 e. The molecule has 382 valence electrons. The zero-order valence-electron chi connectivity index (χ0n) is 39.2. The van der Waals surface area contributed by atoms with Gasteiger partial charge in [0.15, 0.2) is 5.75 Å². The highest BCUT2D eigenvalue weighted by Crippen LogP contribution is 2.44. The van der Waals surface area contributed by atoms with E-state index in [1.807, 2.05) is 6.07 Å². The number of hydrogen-bond donors (Lipinski definition) is 5. The molecule has 75 heavy (non-hydrogen) atoms. The van der Waals surface area contributed by atoms with Crippen LogP contribution in [0.1, 0.15) is 22.3 Å². The van der Waals surface area contributed by atoms with Crippen molar-refractivity contribution in [3.63, 3.8) is 0 Å². The van der Waals surface area contributed by atoms with E-state index in [9.17, 15) is 57.0 Å². The van der Waals surface area contributed by atoms with Gasteiger partial charge in [-0.1, -0.05) is 18.2 Å². The van der Waals surface area contributed by atoms with Crippen molar-refractivity contribution in [3.05, 3.63) is 150 Å². The number of aryl methyl sites for hydroxylation is 4. The average Bonchev–Trinajstić information content (AvgIpc) is 3.33. The lowest BCUT2D eigenvalue weighted by molar-refractivity contribution is 0.472. The van der Waals surface area contributed by atoms with E-state index in [-0.39, 0.29) is 16.5 Å². The van der Waals surface area contributed by atoms with Crippen molar-refractivity contribution in [1.29, 1.82) is 0 Å². The number of nitrogens with zero attached hydrogens (tertiary/aromatic N) is 10. The molecule has 0 unspecified atom stereocenters. The van der Waals surface area contributed by atoms with E-state index in [0.29, 0.717) is 74.2 Å². The van der Waals surface area contributed by atoms with Crippen LogP contribution >= 0.6 is 0 Å². The molecule has 0 aliphatic carbocycles. The first kappa shape index (κ1) is 53.0. The van der Waals surface area contributed by atoms with E-state index in [4.69, 9.17) is 0 Å². The van der Waals surface area contributed by atoms with Crippen molar-refractivity contribution in [2.75, 3.05) is 0 Å². The third-order valence-electron chi connectivity index (χ3n) is 11.1. The summed E-state index contributed by atoms with van der Waals surface area (Å²) in [5.41, 5.74) is 4.64. The summed E-state index contributed by atoms with van der Waals surface area (Å²) in [6.45, 7) is 6.90. The summed E-state index contributed by atoms with van der Waals surface area (Å²) in [4.78, 5) is -3.52. The minimum atomic E-state index is -5.14. The Kier molecular flexibility index (Phi) is 14.5. The first-order valence-corrected chi connectivity index (χ1v) is 27.3. The first-order valence-electron chi connectivity index (χ1n) is 21.5. The molecule has 5 N–H and O–H groups in total. The van der Waals surface area contributed by atoms with Crippen LogP contribution in [0.4, 0.5) is 56.9 Å². The quantitative estimate of drug-likeness (QED) is 0.0500. The van der Waals surface area contributed by atoms with Crippen LogP contribution in [0.5, 0.6) is 5.75 Å². The molecule has 8 aromatic carbocycles. The van der Waals surface area contributed by atoms with Crippen molar-refractivity contribution in [1.82, 2.24) is 0 Å². The minimum Gasteiger partial charge on any atom is -0.505 e. The maximum absolute atomic E-state index is 12.5. The summed E-state index contributed by atoms with van der Waals surface area (Å²) >= 11 is 0. The predicted molar refractivity (Wildman–Crippen MR) is 274 cm³/mol. The molecule has 8 rings (SSSR count). The highest BCUT2D eigenvalue weighted by atomic mass is 32.2. The highest BCUT2D eigenvalue weighted by Gasteiger charge is 2.26. The normalized spacial score (nSPS) is 13.0. The van der Waals surface area contributed by atoms with Crippen molar-refractivity contribution in [2.24, 2.45) is 51.1 Å². The summed E-state index contributed by atoms with van der Waals surface area (Å²) in [7, 11) is -20.1. The molecular weight excluding hydrogens is 1050 g/mol. The minimum absolute atomic E-state index is 0.192. The molecule has 0 bridgehead atoms. The fourth-order valence-electron chi connectivity index (χ4n) is 7.33. The Morgan fingerprint density at radius 2 is 0.773 bits per heavy atom. The smallest absolute Gasteiger partial charge is 0.296 e. The SMILES string of the molecule is Cc1cc(/N=N\c2cc(C)c(/N=N/c3c(S(=O)(=O)O)cc4cc(/N=N\c5ccccc5)ccc4c3O)cc2C)ccc1/N=N\c1ccc(/N=N\c2cc3c(S(=O)(=O)O)cc(S(=O)(=O)O)cc3cc2S(=O)(=O)O)c(C)c1. The molecule has 0 aliphatic heterocycles. The van der Waals surface area contributed by atoms with Crippen molar-refractivity contribution in [3.8, 4) is 5.75 Å². The summed E-state index contributed by atoms with van der Waals surface area (Å²) in [5.74, 6) is -0.527. The molecule has 0 atom stereocenters. The summed E-state index contributed by atoms with van der Waals surface area (Å²) in [5, 5.41) is 53.0. The third-order valence-corrected chi connectivity index (χ3v) is 14.6. The zero-order chi connectivity index (χ0) is 54.2. The molecule has 0 aromatic heterocycles. The second kappa shape index (κ2) is 20.6. The average molecular weight is 1090 g/mol. The van der Waals surface area contributed by atoms with E-state index in [1.165, 1.54) is 24.3 Å². The number of phenolic OH excluding ortho intramolecular Hbond substituents is 1. The monoisotopic (exact) mass is 1090 g/mol. The predicted octanol–water partition coefficient (Wildman–Crippen LogP) is 14.0. The van der Waals surface area contributed by atoms with Crippen LogP contribution in [-0.4, -0.2) is 57.0 Å². The lowest BCUT2D eigenvalue weighted by atomic mass is 10.1. The second-order valence-corrected chi connectivity index (χ2v) is 22.1. The van der Waals surface area contributed by atoms with Crippen LogP contribution < -0.4 is 0 Å². The lowest BCUT2D eigenvalue weighted by Gasteiger charge is -2.10. The fraction of sp³-hybridized carbons (Fsp3) is 0.0833. The second-order valence-electron chi connectivity index (χ2n) is 16.5. The molecular formula is C48H38N10O13S4. The van der Waals surface area contributed by atoms with Crippen molar-refractivity contribution < 1.29 is 57.0 Å². The van der Waals surface area contributed by atoms with E-state index in [0.717, 1.165) is 18.2 Å². The molecule has 0 aliphatic rings. The Balaban J connectivity index is 0.975. The van der Waals surface area contributed by atoms with E-state index in [1.54, 1.807) is 94.4 Å². The van der Waals surface area contributed by atoms with E-state index < -0.39 is 88.0 Å². The van der Waals surface area contributed by atoms with Gasteiger partial charge in [0.05, 0.1) is 50.4 Å². The number of rotatable bonds is 14. The molecule has 23 nitrogen and oxygen atoms in total. The lowest BCUT2D eigenvalue weighted by Crippen LogP contribution is -2.05. The maximum Gasteiger partial charge on any atom is 0.296 e. The number of fused-ring (bicyclic) bond motifs is 2. The van der Waals surface area contributed by atoms with Gasteiger partial charge in [0, 0.05) is 10.8 Å². The molecule has 0 amide bonds. The Labute approximate surface area is 427 Å². The van der Waals surface area contributed by atoms with Gasteiger partial charge in [-0.25, -0.2) is 0 Å². The van der Waals surface area contributed by atoms with Crippen LogP contribution in [0.3, 0.4) is 0 Å². The Hall–Kier alpha value is -8.28. The standard InChI is InChI=1S/C48H38N10O13S4/c1-26-16-34(52-55-41-18-29(4)42(19-28(41)3)56-58-47-46(75(69,70)71)23-30-20-35(10-13-37(30)48(47)59)50-49-32-8-6-5-7-9-32)11-14-39(26)53-51-33-12-15-40(27(2)17-33)54-57-43-25-38-31(22-45(43)74(66,67)68)21-36(72(60,61)62)24-44(38)73(63,64)65/h5-25,59H,1-4H3,(H,60,61,62)(H,63,64,65)(H,66,67,68)(H,69,70,71)/b50-49-,53-51-,55-52-,57-54-,58-56+. The Morgan fingerprint density at radius 1 is 0.333 bits per heavy atom. The summed E-state index contributed by atoms with van der Waals surface area (Å²) in [6, 6.07) is 30.5. The van der Waals surface area contributed by atoms with Crippen LogP contribution in [-0.2, 0) is 40.5 Å². The molecule has 0 fully saturated rings. The number of phenols is 1. The molecule has 0 spiro atoms. The van der Waals surface area contributed by atoms with Crippen molar-refractivity contribution >= 4 is 119 Å². The van der Waals surface area contributed by atoms with Crippen LogP contribution in [0, 0.1) is 27.7 Å². The van der Waals surface area contributed by atoms with Gasteiger partial charge in [0.25, 0.3) is 40.5 Å². The van der Waals surface area contributed by atoms with Gasteiger partial charge in [-0.3, -0.25) is 18.2 Å². The summed E-state index contributed by atoms with van der Waals surface area (Å²) < 4.78 is 137. The Morgan fingerprint density at radius 3 is 1.32 bits per heavy atom. The molecule has 0 saturated carbocycles. The fourth-order valence-corrected chi connectivity index (χ4v) is 9.98. The number of azo groups is 5. The third kappa shape index (κ3) is 12.2. The number of hydrogen-bond acceptors (Lipinski definition) is 19. The molecule has 0 heterocycles. The van der Waals surface area contributed by atoms with Gasteiger partial charge in [0.2, 0.25) is 0 Å². The topological polar surface area (TPSA) is 361 Å². The van der Waals surface area contributed by atoms with Gasteiger partial charge in [-0.05, 0) is 170 Å². The number of benzene rings is 8. The first-order chi connectivity index (χ1) is 35.2. The number of aromatic hydroxyl groups is 1. The van der Waals surface area contributed by atoms with Crippen LogP contribution in [0.25, 0.3) is 21.5 Å². The van der Waals surface area contributed by atoms with Gasteiger partial charge in [0.1, 0.15) is 26.1 Å². The maximum atomic E-state index is 12.5. The summed E-state index contributed by atoms with van der Waals surface area (Å²) in [6.07, 6.45) is 0. The molecule has 0 saturated heterocycles. The van der Waals surface area contributed by atoms with Crippen LogP contribution in [0.15, 0.2) is 198 Å². The highest BCUT2D eigenvalue weighted by molar-refractivity contribution is 7.87. The van der Waals surface area contributed by atoms with E-state index >= 15 is 0 Å². The van der Waals surface area contributed by atoms with Gasteiger partial charge in [-0.2, -0.15) is 74.6 Å². The molecule has 27 heteroatoms. The zero-order valence-corrected chi connectivity index (χ0v) is 42.5. The van der Waals surface area contributed by atoms with E-state index in [2.05, 4.69) is 51.1 Å². The molecule has 8 aromatic rings. The van der Waals surface area contributed by atoms with Crippen LogP contribution in [0.2, 0.25) is 0 Å². The van der Waals surface area contributed by atoms with Crippen molar-refractivity contribution in [2.45, 2.75) is 47.3 Å². The molecule has 0 radical (unpaired) electrons. The van der Waals surface area contributed by atoms with Gasteiger partial charge < -0.3 is 5.11 Å². The van der Waals surface area contributed by atoms with Gasteiger partial charge >= 0.3 is 0 Å². The Bertz CT molecular complexity index is 4310. The van der Waals surface area contributed by atoms with Gasteiger partial charge in [-0.15, -0.1) is 10.2 Å².